The highest BCUT2D eigenvalue weighted by molar-refractivity contribution is 7.28. The summed E-state index contributed by atoms with van der Waals surface area (Å²) in [6.07, 6.45) is 1.59. The van der Waals surface area contributed by atoms with E-state index >= 15 is 0 Å². The van der Waals surface area contributed by atoms with Crippen molar-refractivity contribution in [3.63, 3.8) is 0 Å². The number of nitrogens with one attached hydrogen (secondary N) is 1. The Morgan fingerprint density at radius 3 is 2.75 bits per heavy atom. The molecule has 0 bridgehead atoms. The molecule has 0 saturated carbocycles. The lowest BCUT2D eigenvalue weighted by atomic mass is 10.2. The number of anilines is 2. The van der Waals surface area contributed by atoms with Crippen LogP contribution < -0.4 is 10.2 Å². The van der Waals surface area contributed by atoms with E-state index in [1.165, 1.54) is 11.3 Å². The van der Waals surface area contributed by atoms with E-state index in [9.17, 15) is 4.79 Å². The van der Waals surface area contributed by atoms with Crippen LogP contribution in [0, 0.1) is 6.92 Å². The Morgan fingerprint density at radius 1 is 1.09 bits per heavy atom. The summed E-state index contributed by atoms with van der Waals surface area (Å²) in [7, 11) is 0. The van der Waals surface area contributed by atoms with Crippen molar-refractivity contribution in [3.8, 4) is 0 Å². The maximum atomic E-state index is 13.0. The number of nitrogens with zero attached hydrogens (tertiary/aromatic N) is 8. The fourth-order valence-corrected chi connectivity index (χ4v) is 6.06. The molecule has 0 radical (unpaired) electrons. The van der Waals surface area contributed by atoms with Gasteiger partial charge in [0.2, 0.25) is 0 Å². The van der Waals surface area contributed by atoms with Crippen molar-refractivity contribution in [1.82, 2.24) is 34.7 Å². The first-order valence-corrected chi connectivity index (χ1v) is 11.8. The molecule has 1 aliphatic heterocycles. The Hall–Kier alpha value is -3.38. The molecular weight excluding hydrogens is 446 g/mol. The predicted molar refractivity (Wildman–Crippen MR) is 126 cm³/mol. The van der Waals surface area contributed by atoms with Gasteiger partial charge in [0.05, 0.1) is 25.4 Å². The average molecular weight is 466 g/mol. The van der Waals surface area contributed by atoms with Gasteiger partial charge in [0.25, 0.3) is 0 Å². The average Bonchev–Trinajstić information content (AvgIpc) is 3.49. The van der Waals surface area contributed by atoms with Crippen LogP contribution >= 0.6 is 22.7 Å². The molecule has 2 amide bonds. The van der Waals surface area contributed by atoms with Crippen molar-refractivity contribution < 1.29 is 4.79 Å². The molecule has 1 aliphatic rings. The zero-order valence-electron chi connectivity index (χ0n) is 17.4. The number of aryl methyl sites for hydroxylation is 1. The van der Waals surface area contributed by atoms with Gasteiger partial charge < -0.3 is 9.80 Å². The molecule has 5 heterocycles. The lowest BCUT2D eigenvalue weighted by molar-refractivity contribution is 0.200. The lowest BCUT2D eigenvalue weighted by Gasteiger charge is -2.40. The summed E-state index contributed by atoms with van der Waals surface area (Å²) in [4.78, 5) is 26.1. The SMILES string of the molecule is Cc1nc2ccc3nc(NC(=O)N4CCN(c5ccc6nncn6n5)C(C)C4)sc3c2s1. The molecule has 32 heavy (non-hydrogen) atoms. The Morgan fingerprint density at radius 2 is 1.91 bits per heavy atom. The van der Waals surface area contributed by atoms with Gasteiger partial charge in [-0.05, 0) is 38.1 Å². The number of hydrogen-bond donors (Lipinski definition) is 1. The van der Waals surface area contributed by atoms with Gasteiger partial charge in [-0.25, -0.2) is 14.8 Å². The number of carbonyl (C=O) groups is 1. The van der Waals surface area contributed by atoms with Crippen LogP contribution in [0.5, 0.6) is 0 Å². The first kappa shape index (κ1) is 19.3. The highest BCUT2D eigenvalue weighted by Gasteiger charge is 2.28. The second-order valence-electron chi connectivity index (χ2n) is 7.76. The maximum Gasteiger partial charge on any atom is 0.323 e. The predicted octanol–water partition coefficient (Wildman–Crippen LogP) is 3.39. The third-order valence-corrected chi connectivity index (χ3v) is 7.73. The summed E-state index contributed by atoms with van der Waals surface area (Å²) in [6, 6.07) is 7.78. The van der Waals surface area contributed by atoms with Gasteiger partial charge in [0, 0.05) is 25.7 Å². The van der Waals surface area contributed by atoms with Crippen LogP contribution in [0.15, 0.2) is 30.6 Å². The number of benzene rings is 1. The molecule has 1 aromatic carbocycles. The smallest absolute Gasteiger partial charge is 0.323 e. The van der Waals surface area contributed by atoms with Gasteiger partial charge in [-0.2, -0.15) is 4.52 Å². The Kier molecular flexibility index (Phi) is 4.43. The molecular formula is C20H19N9OS2. The van der Waals surface area contributed by atoms with Crippen molar-refractivity contribution >= 4 is 65.7 Å². The minimum absolute atomic E-state index is 0.117. The number of carbonyl (C=O) groups excluding carboxylic acids is 1. The van der Waals surface area contributed by atoms with Crippen LogP contribution in [0.4, 0.5) is 15.7 Å². The van der Waals surface area contributed by atoms with E-state index in [0.29, 0.717) is 30.4 Å². The minimum Gasteiger partial charge on any atom is -0.349 e. The third kappa shape index (κ3) is 3.22. The Labute approximate surface area is 190 Å². The van der Waals surface area contributed by atoms with Crippen LogP contribution in [0.1, 0.15) is 11.9 Å². The topological polar surface area (TPSA) is 104 Å². The maximum absolute atomic E-state index is 13.0. The number of aromatic nitrogens is 6. The largest absolute Gasteiger partial charge is 0.349 e. The van der Waals surface area contributed by atoms with Gasteiger partial charge in [-0.15, -0.1) is 26.6 Å². The Bertz CT molecular complexity index is 1470. The molecule has 10 nitrogen and oxygen atoms in total. The van der Waals surface area contributed by atoms with E-state index in [-0.39, 0.29) is 12.1 Å². The fourth-order valence-electron chi connectivity index (χ4n) is 4.06. The standard InChI is InChI=1S/C20H19N9OS2/c1-11-9-27(7-8-28(11)16-6-5-15-25-21-10-29(15)26-16)20(30)24-19-23-14-4-3-13-17(18(14)32-19)31-12(2)22-13/h3-6,10-11H,7-9H2,1-2H3,(H,23,24,30). The molecule has 12 heteroatoms. The van der Waals surface area contributed by atoms with E-state index < -0.39 is 0 Å². The molecule has 6 rings (SSSR count). The van der Waals surface area contributed by atoms with E-state index in [1.54, 1.807) is 22.2 Å². The molecule has 0 aliphatic carbocycles. The van der Waals surface area contributed by atoms with E-state index in [0.717, 1.165) is 31.3 Å². The normalized spacial score (nSPS) is 17.0. The van der Waals surface area contributed by atoms with Crippen molar-refractivity contribution in [2.45, 2.75) is 19.9 Å². The number of urea groups is 1. The van der Waals surface area contributed by atoms with E-state index in [1.807, 2.05) is 36.1 Å². The van der Waals surface area contributed by atoms with Gasteiger partial charge in [-0.3, -0.25) is 5.32 Å². The third-order valence-electron chi connectivity index (χ3n) is 5.59. The van der Waals surface area contributed by atoms with E-state index in [4.69, 9.17) is 0 Å². The number of rotatable bonds is 2. The number of hydrogen-bond acceptors (Lipinski definition) is 9. The number of amides is 2. The second kappa shape index (κ2) is 7.35. The van der Waals surface area contributed by atoms with Crippen molar-refractivity contribution in [1.29, 1.82) is 0 Å². The van der Waals surface area contributed by atoms with Crippen LogP contribution in [0.2, 0.25) is 0 Å². The number of piperazine rings is 1. The molecule has 0 spiro atoms. The summed E-state index contributed by atoms with van der Waals surface area (Å²) in [5.41, 5.74) is 2.57. The summed E-state index contributed by atoms with van der Waals surface area (Å²) >= 11 is 3.15. The summed E-state index contributed by atoms with van der Waals surface area (Å²) in [5.74, 6) is 0.847. The van der Waals surface area contributed by atoms with Gasteiger partial charge in [0.15, 0.2) is 10.8 Å². The fraction of sp³-hybridized carbons (Fsp3) is 0.300. The number of thiazole rings is 2. The van der Waals surface area contributed by atoms with Crippen LogP contribution in [-0.2, 0) is 0 Å². The quantitative estimate of drug-likeness (QED) is 0.426. The highest BCUT2D eigenvalue weighted by atomic mass is 32.1. The van der Waals surface area contributed by atoms with Crippen LogP contribution in [0.3, 0.4) is 0 Å². The first-order chi connectivity index (χ1) is 15.5. The van der Waals surface area contributed by atoms with Crippen LogP contribution in [-0.4, -0.2) is 66.4 Å². The molecule has 1 unspecified atom stereocenters. The monoisotopic (exact) mass is 465 g/mol. The zero-order valence-corrected chi connectivity index (χ0v) is 19.0. The lowest BCUT2D eigenvalue weighted by Crippen LogP contribution is -2.55. The van der Waals surface area contributed by atoms with Gasteiger partial charge in [0.1, 0.15) is 12.1 Å². The van der Waals surface area contributed by atoms with Gasteiger partial charge in [-0.1, -0.05) is 11.3 Å². The number of fused-ring (bicyclic) bond motifs is 4. The minimum atomic E-state index is -0.130. The molecule has 1 atom stereocenters. The van der Waals surface area contributed by atoms with E-state index in [2.05, 4.69) is 42.4 Å². The Balaban J connectivity index is 1.17. The molecule has 1 fully saturated rings. The van der Waals surface area contributed by atoms with Crippen molar-refractivity contribution in [2.24, 2.45) is 0 Å². The zero-order chi connectivity index (χ0) is 21.8. The van der Waals surface area contributed by atoms with Crippen LogP contribution in [0.25, 0.3) is 26.1 Å². The van der Waals surface area contributed by atoms with Crippen molar-refractivity contribution in [3.05, 3.63) is 35.6 Å². The molecule has 1 N–H and O–H groups in total. The van der Waals surface area contributed by atoms with Gasteiger partial charge >= 0.3 is 6.03 Å². The second-order valence-corrected chi connectivity index (χ2v) is 9.96. The summed E-state index contributed by atoms with van der Waals surface area (Å²) < 4.78 is 3.85. The molecule has 162 valence electrons. The molecule has 5 aromatic rings. The summed E-state index contributed by atoms with van der Waals surface area (Å²) in [5, 5.41) is 17.1. The molecule has 1 saturated heterocycles. The summed E-state index contributed by atoms with van der Waals surface area (Å²) in [6.45, 7) is 5.98. The molecule has 4 aromatic heterocycles. The first-order valence-electron chi connectivity index (χ1n) is 10.2. The van der Waals surface area contributed by atoms with Crippen molar-refractivity contribution in [2.75, 3.05) is 29.9 Å². The highest BCUT2D eigenvalue weighted by Crippen LogP contribution is 2.35.